The number of halogens is 1. The van der Waals surface area contributed by atoms with Crippen LogP contribution in [0.3, 0.4) is 0 Å². The number of rotatable bonds is 4. The summed E-state index contributed by atoms with van der Waals surface area (Å²) in [5, 5.41) is 9.12. The van der Waals surface area contributed by atoms with Crippen LogP contribution >= 0.6 is 12.4 Å². The third-order valence-electron chi connectivity index (χ3n) is 3.89. The van der Waals surface area contributed by atoms with Crippen molar-refractivity contribution in [3.63, 3.8) is 0 Å². The smallest absolute Gasteiger partial charge is 0.224 e. The number of hydrogen-bond acceptors (Lipinski definition) is 3. The summed E-state index contributed by atoms with van der Waals surface area (Å²) >= 11 is 0. The van der Waals surface area contributed by atoms with E-state index in [1.54, 1.807) is 0 Å². The molecule has 0 saturated carbocycles. The number of hydrogen-bond donors (Lipinski definition) is 3. The number of amides is 2. The molecule has 0 aliphatic carbocycles. The van der Waals surface area contributed by atoms with E-state index in [0.29, 0.717) is 25.3 Å². The van der Waals surface area contributed by atoms with Gasteiger partial charge in [-0.1, -0.05) is 0 Å². The quantitative estimate of drug-likeness (QED) is 0.703. The molecular weight excluding hydrogens is 266 g/mol. The molecule has 0 spiro atoms. The van der Waals surface area contributed by atoms with Gasteiger partial charge in [-0.25, -0.2) is 0 Å². The van der Waals surface area contributed by atoms with Gasteiger partial charge < -0.3 is 16.0 Å². The van der Waals surface area contributed by atoms with E-state index in [1.165, 1.54) is 12.8 Å². The van der Waals surface area contributed by atoms with Crippen LogP contribution in [0.4, 0.5) is 0 Å². The van der Waals surface area contributed by atoms with Crippen molar-refractivity contribution in [2.24, 2.45) is 11.8 Å². The molecule has 2 heterocycles. The summed E-state index contributed by atoms with van der Waals surface area (Å²) in [7, 11) is 0. The summed E-state index contributed by atoms with van der Waals surface area (Å²) in [6.07, 6.45) is 4.72. The molecule has 19 heavy (non-hydrogen) atoms. The Kier molecular flexibility index (Phi) is 7.16. The predicted octanol–water partition coefficient (Wildman–Crippen LogP) is 0.440. The number of nitrogens with one attached hydrogen (secondary N) is 3. The van der Waals surface area contributed by atoms with Gasteiger partial charge in [0.1, 0.15) is 0 Å². The second-order valence-electron chi connectivity index (χ2n) is 5.33. The van der Waals surface area contributed by atoms with E-state index in [2.05, 4.69) is 16.0 Å². The van der Waals surface area contributed by atoms with Gasteiger partial charge >= 0.3 is 0 Å². The predicted molar refractivity (Wildman–Crippen MR) is 76.2 cm³/mol. The normalized spacial score (nSPS) is 27.1. The molecule has 2 unspecified atom stereocenters. The Morgan fingerprint density at radius 2 is 2.16 bits per heavy atom. The van der Waals surface area contributed by atoms with Gasteiger partial charge in [0, 0.05) is 19.5 Å². The van der Waals surface area contributed by atoms with Crippen molar-refractivity contribution in [3.05, 3.63) is 0 Å². The van der Waals surface area contributed by atoms with Gasteiger partial charge in [0.2, 0.25) is 11.8 Å². The Morgan fingerprint density at radius 3 is 2.79 bits per heavy atom. The molecule has 2 fully saturated rings. The highest BCUT2D eigenvalue weighted by Crippen LogP contribution is 2.14. The molecule has 6 heteroatoms. The van der Waals surface area contributed by atoms with Gasteiger partial charge in [-0.15, -0.1) is 12.4 Å². The molecule has 5 nitrogen and oxygen atoms in total. The zero-order valence-electron chi connectivity index (χ0n) is 11.2. The fourth-order valence-electron chi connectivity index (χ4n) is 2.67. The first kappa shape index (κ1) is 16.2. The molecule has 110 valence electrons. The van der Waals surface area contributed by atoms with E-state index >= 15 is 0 Å². The number of carbonyl (C=O) groups excluding carboxylic acids is 2. The average Bonchev–Trinajstić information content (AvgIpc) is 2.40. The minimum absolute atomic E-state index is 0. The summed E-state index contributed by atoms with van der Waals surface area (Å²) in [4.78, 5) is 22.9. The lowest BCUT2D eigenvalue weighted by molar-refractivity contribution is -0.128. The second-order valence-corrected chi connectivity index (χ2v) is 5.33. The van der Waals surface area contributed by atoms with Crippen LogP contribution < -0.4 is 16.0 Å². The Hall–Kier alpha value is -0.810. The minimum atomic E-state index is -0.0350. The largest absolute Gasteiger partial charge is 0.356 e. The van der Waals surface area contributed by atoms with Crippen LogP contribution in [0, 0.1) is 11.8 Å². The van der Waals surface area contributed by atoms with Crippen LogP contribution in [0.1, 0.15) is 32.1 Å². The molecule has 2 amide bonds. The van der Waals surface area contributed by atoms with E-state index in [-0.39, 0.29) is 30.1 Å². The van der Waals surface area contributed by atoms with E-state index < -0.39 is 0 Å². The zero-order valence-corrected chi connectivity index (χ0v) is 12.1. The van der Waals surface area contributed by atoms with Crippen LogP contribution in [0.25, 0.3) is 0 Å². The molecule has 2 aliphatic rings. The lowest BCUT2D eigenvalue weighted by atomic mass is 9.95. The standard InChI is InChI=1S/C13H23N3O2.ClH/c17-12-4-3-11(9-16-12)13(18)15-7-5-10-2-1-6-14-8-10;/h10-11,14H,1-9H2,(H,15,18)(H,16,17);1H. The highest BCUT2D eigenvalue weighted by Gasteiger charge is 2.24. The molecular formula is C13H24ClN3O2. The van der Waals surface area contributed by atoms with Gasteiger partial charge in [0.05, 0.1) is 5.92 Å². The van der Waals surface area contributed by atoms with Crippen LogP contribution in [-0.4, -0.2) is 38.0 Å². The number of piperidine rings is 2. The van der Waals surface area contributed by atoms with Gasteiger partial charge in [-0.3, -0.25) is 9.59 Å². The van der Waals surface area contributed by atoms with Crippen molar-refractivity contribution in [2.75, 3.05) is 26.2 Å². The maximum atomic E-state index is 11.9. The van der Waals surface area contributed by atoms with Crippen molar-refractivity contribution in [1.82, 2.24) is 16.0 Å². The van der Waals surface area contributed by atoms with Gasteiger partial charge in [0.25, 0.3) is 0 Å². The van der Waals surface area contributed by atoms with Crippen molar-refractivity contribution >= 4 is 24.2 Å². The Morgan fingerprint density at radius 1 is 1.32 bits per heavy atom. The maximum absolute atomic E-state index is 11.9. The second kappa shape index (κ2) is 8.38. The highest BCUT2D eigenvalue weighted by molar-refractivity contribution is 5.85. The third kappa shape index (κ3) is 5.37. The molecule has 0 aromatic rings. The molecule has 0 aromatic heterocycles. The summed E-state index contributed by atoms with van der Waals surface area (Å²) in [6.45, 7) is 3.46. The Labute approximate surface area is 120 Å². The molecule has 2 rings (SSSR count). The molecule has 0 aromatic carbocycles. The van der Waals surface area contributed by atoms with Gasteiger partial charge in [-0.2, -0.15) is 0 Å². The monoisotopic (exact) mass is 289 g/mol. The van der Waals surface area contributed by atoms with Crippen molar-refractivity contribution in [1.29, 1.82) is 0 Å². The molecule has 3 N–H and O–H groups in total. The van der Waals surface area contributed by atoms with Crippen molar-refractivity contribution in [2.45, 2.75) is 32.1 Å². The topological polar surface area (TPSA) is 70.2 Å². The average molecular weight is 290 g/mol. The highest BCUT2D eigenvalue weighted by atomic mass is 35.5. The van der Waals surface area contributed by atoms with E-state index in [4.69, 9.17) is 0 Å². The van der Waals surface area contributed by atoms with Crippen LogP contribution in [0.2, 0.25) is 0 Å². The van der Waals surface area contributed by atoms with E-state index in [0.717, 1.165) is 26.1 Å². The lowest BCUT2D eigenvalue weighted by Crippen LogP contribution is -2.43. The first-order valence-corrected chi connectivity index (χ1v) is 7.01. The van der Waals surface area contributed by atoms with Crippen LogP contribution in [-0.2, 0) is 9.59 Å². The molecule has 2 atom stereocenters. The van der Waals surface area contributed by atoms with E-state index in [1.807, 2.05) is 0 Å². The first-order valence-electron chi connectivity index (χ1n) is 7.01. The molecule has 0 bridgehead atoms. The molecule has 0 radical (unpaired) electrons. The SMILES string of the molecule is Cl.O=C1CCC(C(=O)NCCC2CCCNC2)CN1. The van der Waals surface area contributed by atoms with E-state index in [9.17, 15) is 9.59 Å². The Bertz CT molecular complexity index is 296. The van der Waals surface area contributed by atoms with Crippen LogP contribution in [0.5, 0.6) is 0 Å². The fraction of sp³-hybridized carbons (Fsp3) is 0.846. The summed E-state index contributed by atoms with van der Waals surface area (Å²) in [5.41, 5.74) is 0. The van der Waals surface area contributed by atoms with Gasteiger partial charge in [0.15, 0.2) is 0 Å². The summed E-state index contributed by atoms with van der Waals surface area (Å²) in [6, 6.07) is 0. The zero-order chi connectivity index (χ0) is 12.8. The summed E-state index contributed by atoms with van der Waals surface area (Å²) in [5.74, 6) is 0.823. The molecule has 2 aliphatic heterocycles. The maximum Gasteiger partial charge on any atom is 0.224 e. The molecule has 2 saturated heterocycles. The third-order valence-corrected chi connectivity index (χ3v) is 3.89. The Balaban J connectivity index is 0.00000180. The first-order chi connectivity index (χ1) is 8.75. The minimum Gasteiger partial charge on any atom is -0.356 e. The van der Waals surface area contributed by atoms with Crippen molar-refractivity contribution < 1.29 is 9.59 Å². The summed E-state index contributed by atoms with van der Waals surface area (Å²) < 4.78 is 0. The number of carbonyl (C=O) groups is 2. The lowest BCUT2D eigenvalue weighted by Gasteiger charge is -2.24. The van der Waals surface area contributed by atoms with Gasteiger partial charge in [-0.05, 0) is 44.7 Å². The van der Waals surface area contributed by atoms with Crippen LogP contribution in [0.15, 0.2) is 0 Å². The fourth-order valence-corrected chi connectivity index (χ4v) is 2.67. The van der Waals surface area contributed by atoms with Crippen molar-refractivity contribution in [3.8, 4) is 0 Å².